The lowest BCUT2D eigenvalue weighted by atomic mass is 9.96. The van der Waals surface area contributed by atoms with Gasteiger partial charge in [0, 0.05) is 25.2 Å². The first-order chi connectivity index (χ1) is 14.2. The Morgan fingerprint density at radius 1 is 1.20 bits per heavy atom. The largest absolute Gasteiger partial charge is 0.444 e. The summed E-state index contributed by atoms with van der Waals surface area (Å²) in [7, 11) is 0. The van der Waals surface area contributed by atoms with E-state index in [9.17, 15) is 14.4 Å². The van der Waals surface area contributed by atoms with Crippen LogP contribution in [-0.4, -0.2) is 64.6 Å². The number of hydrogen-bond donors (Lipinski definition) is 3. The first-order valence-corrected chi connectivity index (χ1v) is 10.2. The normalized spacial score (nSPS) is 15.1. The summed E-state index contributed by atoms with van der Waals surface area (Å²) in [6, 6.07) is 5.47. The molecular formula is C21H29N5O4. The first-order valence-electron chi connectivity index (χ1n) is 10.2. The Morgan fingerprint density at radius 3 is 2.63 bits per heavy atom. The molecule has 3 amide bonds. The van der Waals surface area contributed by atoms with Gasteiger partial charge in [-0.25, -0.2) is 9.78 Å². The number of aromatic amines is 1. The summed E-state index contributed by atoms with van der Waals surface area (Å²) in [6.07, 6.45) is 2.63. The van der Waals surface area contributed by atoms with E-state index < -0.39 is 11.7 Å². The monoisotopic (exact) mass is 415 g/mol. The number of piperidine rings is 1. The lowest BCUT2D eigenvalue weighted by molar-refractivity contribution is -0.120. The number of ether oxygens (including phenoxy) is 1. The van der Waals surface area contributed by atoms with Crippen molar-refractivity contribution in [3.05, 3.63) is 30.1 Å². The molecule has 1 aliphatic heterocycles. The van der Waals surface area contributed by atoms with Gasteiger partial charge < -0.3 is 25.3 Å². The number of rotatable bonds is 5. The van der Waals surface area contributed by atoms with Gasteiger partial charge in [0.25, 0.3) is 5.91 Å². The van der Waals surface area contributed by atoms with Gasteiger partial charge >= 0.3 is 6.09 Å². The summed E-state index contributed by atoms with van der Waals surface area (Å²) in [4.78, 5) is 45.3. The fourth-order valence-electron chi connectivity index (χ4n) is 3.38. The molecule has 2 heterocycles. The third-order valence-electron chi connectivity index (χ3n) is 4.95. The number of carbonyl (C=O) groups is 3. The molecule has 3 N–H and O–H groups in total. The molecule has 0 radical (unpaired) electrons. The molecule has 1 saturated heterocycles. The first kappa shape index (κ1) is 21.6. The molecule has 0 bridgehead atoms. The number of aromatic nitrogens is 2. The number of amides is 3. The van der Waals surface area contributed by atoms with Gasteiger partial charge in [0.15, 0.2) is 0 Å². The van der Waals surface area contributed by atoms with Gasteiger partial charge in [0.2, 0.25) is 5.91 Å². The molecule has 1 fully saturated rings. The maximum atomic E-state index is 12.8. The lowest BCUT2D eigenvalue weighted by Gasteiger charge is -2.32. The molecule has 1 aromatic carbocycles. The van der Waals surface area contributed by atoms with Crippen LogP contribution in [0.1, 0.15) is 44.0 Å². The van der Waals surface area contributed by atoms with E-state index in [1.54, 1.807) is 33.2 Å². The fourth-order valence-corrected chi connectivity index (χ4v) is 3.38. The molecule has 0 saturated carbocycles. The average Bonchev–Trinajstić information content (AvgIpc) is 3.17. The third-order valence-corrected chi connectivity index (χ3v) is 4.95. The highest BCUT2D eigenvalue weighted by Gasteiger charge is 2.24. The number of benzene rings is 1. The third kappa shape index (κ3) is 5.95. The van der Waals surface area contributed by atoms with Crippen LogP contribution in [0, 0.1) is 5.92 Å². The molecule has 162 valence electrons. The quantitative estimate of drug-likeness (QED) is 0.691. The maximum absolute atomic E-state index is 12.8. The van der Waals surface area contributed by atoms with Crippen LogP contribution in [0.25, 0.3) is 11.0 Å². The number of carbonyl (C=O) groups excluding carboxylic acids is 3. The fraction of sp³-hybridized carbons (Fsp3) is 0.524. The van der Waals surface area contributed by atoms with Crippen molar-refractivity contribution in [2.75, 3.05) is 26.2 Å². The van der Waals surface area contributed by atoms with E-state index >= 15 is 0 Å². The highest BCUT2D eigenvalue weighted by molar-refractivity contribution is 5.97. The topological polar surface area (TPSA) is 116 Å². The van der Waals surface area contributed by atoms with Crippen molar-refractivity contribution in [1.82, 2.24) is 25.5 Å². The highest BCUT2D eigenvalue weighted by atomic mass is 16.6. The van der Waals surface area contributed by atoms with E-state index in [0.717, 1.165) is 23.9 Å². The molecule has 0 spiro atoms. The standard InChI is InChI=1S/C21H29N5O4/c1-21(2,3)30-20(29)23-12-18(27)22-11-14-6-8-26(9-7-14)19(28)15-4-5-16-17(10-15)25-13-24-16/h4-5,10,13-14H,6-9,11-12H2,1-3H3,(H,22,27)(H,23,29)(H,24,25). The van der Waals surface area contributed by atoms with Gasteiger partial charge in [0.1, 0.15) is 5.60 Å². The van der Waals surface area contributed by atoms with Crippen LogP contribution in [0.15, 0.2) is 24.5 Å². The number of fused-ring (bicyclic) bond motifs is 1. The molecule has 0 atom stereocenters. The zero-order valence-corrected chi connectivity index (χ0v) is 17.7. The van der Waals surface area contributed by atoms with Crippen LogP contribution in [0.2, 0.25) is 0 Å². The van der Waals surface area contributed by atoms with Crippen LogP contribution in [0.3, 0.4) is 0 Å². The second-order valence-electron chi connectivity index (χ2n) is 8.53. The summed E-state index contributed by atoms with van der Waals surface area (Å²) < 4.78 is 5.10. The second kappa shape index (κ2) is 9.15. The molecule has 9 heteroatoms. The molecule has 3 rings (SSSR count). The highest BCUT2D eigenvalue weighted by Crippen LogP contribution is 2.20. The SMILES string of the molecule is CC(C)(C)OC(=O)NCC(=O)NCC1CCN(C(=O)c2ccc3nc[nH]c3c2)CC1. The number of nitrogens with one attached hydrogen (secondary N) is 3. The van der Waals surface area contributed by atoms with E-state index in [4.69, 9.17) is 4.74 Å². The number of nitrogens with zero attached hydrogens (tertiary/aromatic N) is 2. The van der Waals surface area contributed by atoms with Crippen LogP contribution in [-0.2, 0) is 9.53 Å². The van der Waals surface area contributed by atoms with Gasteiger partial charge in [-0.1, -0.05) is 0 Å². The van der Waals surface area contributed by atoms with Crippen molar-refractivity contribution in [3.63, 3.8) is 0 Å². The Labute approximate surface area is 175 Å². The summed E-state index contributed by atoms with van der Waals surface area (Å²) in [5, 5.41) is 5.28. The van der Waals surface area contributed by atoms with E-state index in [2.05, 4.69) is 20.6 Å². The molecular weight excluding hydrogens is 386 g/mol. The second-order valence-corrected chi connectivity index (χ2v) is 8.53. The summed E-state index contributed by atoms with van der Waals surface area (Å²) in [6.45, 7) is 6.99. The van der Waals surface area contributed by atoms with Crippen molar-refractivity contribution in [2.45, 2.75) is 39.2 Å². The smallest absolute Gasteiger partial charge is 0.408 e. The minimum absolute atomic E-state index is 0.00977. The Hall–Kier alpha value is -3.10. The average molecular weight is 415 g/mol. The van der Waals surface area contributed by atoms with Gasteiger partial charge in [-0.2, -0.15) is 0 Å². The zero-order valence-electron chi connectivity index (χ0n) is 17.7. The molecule has 1 aliphatic rings. The Kier molecular flexibility index (Phi) is 6.59. The predicted molar refractivity (Wildman–Crippen MR) is 112 cm³/mol. The lowest BCUT2D eigenvalue weighted by Crippen LogP contribution is -2.44. The summed E-state index contributed by atoms with van der Waals surface area (Å²) in [5.41, 5.74) is 1.73. The molecule has 0 aliphatic carbocycles. The zero-order chi connectivity index (χ0) is 21.7. The Balaban J connectivity index is 1.38. The minimum atomic E-state index is -0.613. The minimum Gasteiger partial charge on any atom is -0.444 e. The van der Waals surface area contributed by atoms with Crippen LogP contribution in [0.4, 0.5) is 4.79 Å². The van der Waals surface area contributed by atoms with E-state index in [1.165, 1.54) is 0 Å². The predicted octanol–water partition coefficient (Wildman–Crippen LogP) is 2.06. The number of imidazole rings is 1. The summed E-state index contributed by atoms with van der Waals surface area (Å²) >= 11 is 0. The van der Waals surface area contributed by atoms with Crippen molar-refractivity contribution in [1.29, 1.82) is 0 Å². The van der Waals surface area contributed by atoms with Crippen molar-refractivity contribution < 1.29 is 19.1 Å². The van der Waals surface area contributed by atoms with Gasteiger partial charge in [-0.05, 0) is 57.7 Å². The molecule has 9 nitrogen and oxygen atoms in total. The summed E-state index contributed by atoms with van der Waals surface area (Å²) in [5.74, 6) is 0.0531. The maximum Gasteiger partial charge on any atom is 0.408 e. The van der Waals surface area contributed by atoms with Crippen molar-refractivity contribution >= 4 is 28.9 Å². The number of likely N-dealkylation sites (tertiary alicyclic amines) is 1. The Morgan fingerprint density at radius 2 is 1.93 bits per heavy atom. The molecule has 0 unspecified atom stereocenters. The number of hydrogen-bond acceptors (Lipinski definition) is 5. The van der Waals surface area contributed by atoms with E-state index in [1.807, 2.05) is 17.0 Å². The van der Waals surface area contributed by atoms with Crippen LogP contribution in [0.5, 0.6) is 0 Å². The van der Waals surface area contributed by atoms with Gasteiger partial charge in [0.05, 0.1) is 23.9 Å². The van der Waals surface area contributed by atoms with Crippen molar-refractivity contribution in [2.24, 2.45) is 5.92 Å². The molecule has 30 heavy (non-hydrogen) atoms. The van der Waals surface area contributed by atoms with Gasteiger partial charge in [-0.15, -0.1) is 0 Å². The number of H-pyrrole nitrogens is 1. The van der Waals surface area contributed by atoms with Gasteiger partial charge in [-0.3, -0.25) is 9.59 Å². The van der Waals surface area contributed by atoms with Crippen LogP contribution < -0.4 is 10.6 Å². The molecule has 1 aromatic heterocycles. The Bertz CT molecular complexity index is 910. The van der Waals surface area contributed by atoms with E-state index in [-0.39, 0.29) is 18.4 Å². The van der Waals surface area contributed by atoms with Crippen LogP contribution >= 0.6 is 0 Å². The number of alkyl carbamates (subject to hydrolysis) is 1. The molecule has 2 aromatic rings. The van der Waals surface area contributed by atoms with Crippen molar-refractivity contribution in [3.8, 4) is 0 Å². The van der Waals surface area contributed by atoms with E-state index in [0.29, 0.717) is 31.1 Å².